The number of carbonyl (C=O) groups is 1. The Labute approximate surface area is 145 Å². The lowest BCUT2D eigenvalue weighted by molar-refractivity contribution is 0.0745. The highest BCUT2D eigenvalue weighted by Gasteiger charge is 2.26. The van der Waals surface area contributed by atoms with E-state index in [1.165, 1.54) is 6.20 Å². The highest BCUT2D eigenvalue weighted by Crippen LogP contribution is 2.24. The number of H-pyrrole nitrogens is 1. The molecule has 8 heteroatoms. The van der Waals surface area contributed by atoms with E-state index in [2.05, 4.69) is 9.97 Å². The third-order valence-electron chi connectivity index (χ3n) is 4.47. The summed E-state index contributed by atoms with van der Waals surface area (Å²) in [4.78, 5) is 34.0. The van der Waals surface area contributed by atoms with Crippen LogP contribution in [-0.2, 0) is 0 Å². The Morgan fingerprint density at radius 1 is 1.32 bits per heavy atom. The molecule has 0 aromatic carbocycles. The largest absolute Gasteiger partial charge is 0.465 e. The van der Waals surface area contributed by atoms with Gasteiger partial charge in [-0.15, -0.1) is 0 Å². The van der Waals surface area contributed by atoms with Crippen LogP contribution in [0, 0.1) is 6.92 Å². The number of anilines is 2. The molecule has 0 spiro atoms. The number of amides is 1. The van der Waals surface area contributed by atoms with E-state index in [1.54, 1.807) is 0 Å². The Kier molecular flexibility index (Phi) is 4.52. The molecule has 1 saturated heterocycles. The number of piperazine rings is 1. The van der Waals surface area contributed by atoms with Crippen molar-refractivity contribution in [3.05, 3.63) is 39.8 Å². The van der Waals surface area contributed by atoms with Gasteiger partial charge in [0.2, 0.25) is 0 Å². The quantitative estimate of drug-likeness (QED) is 0.869. The first-order valence-corrected chi connectivity index (χ1v) is 8.36. The van der Waals surface area contributed by atoms with Crippen molar-refractivity contribution in [2.45, 2.75) is 26.7 Å². The number of carbonyl (C=O) groups excluding carboxylic acids is 1. The Morgan fingerprint density at radius 3 is 2.56 bits per heavy atom. The number of furan rings is 1. The van der Waals surface area contributed by atoms with Gasteiger partial charge < -0.3 is 20.0 Å². The van der Waals surface area contributed by atoms with E-state index in [4.69, 9.17) is 10.2 Å². The van der Waals surface area contributed by atoms with Gasteiger partial charge in [0.15, 0.2) is 0 Å². The summed E-state index contributed by atoms with van der Waals surface area (Å²) in [5.74, 6) is 2.01. The van der Waals surface area contributed by atoms with E-state index in [0.29, 0.717) is 49.0 Å². The molecule has 25 heavy (non-hydrogen) atoms. The number of nitrogens with zero attached hydrogens (tertiary/aromatic N) is 3. The molecule has 3 N–H and O–H groups in total. The van der Waals surface area contributed by atoms with Crippen LogP contribution in [0.15, 0.2) is 21.5 Å². The van der Waals surface area contributed by atoms with Crippen LogP contribution in [0.4, 0.5) is 11.5 Å². The zero-order valence-corrected chi connectivity index (χ0v) is 14.7. The van der Waals surface area contributed by atoms with E-state index >= 15 is 0 Å². The molecular formula is C17H23N5O3. The van der Waals surface area contributed by atoms with Crippen molar-refractivity contribution in [3.8, 4) is 0 Å². The number of hydrogen-bond donors (Lipinski definition) is 2. The van der Waals surface area contributed by atoms with Gasteiger partial charge in [0.05, 0.1) is 17.4 Å². The molecule has 134 valence electrons. The second-order valence-electron chi connectivity index (χ2n) is 6.54. The highest BCUT2D eigenvalue weighted by molar-refractivity contribution is 5.95. The molecule has 0 atom stereocenters. The molecule has 1 fully saturated rings. The molecule has 0 radical (unpaired) electrons. The maximum absolute atomic E-state index is 12.8. The van der Waals surface area contributed by atoms with Gasteiger partial charge in [-0.05, 0) is 13.0 Å². The summed E-state index contributed by atoms with van der Waals surface area (Å²) in [5, 5.41) is 0. The lowest BCUT2D eigenvalue weighted by Crippen LogP contribution is -2.49. The summed E-state index contributed by atoms with van der Waals surface area (Å²) in [6.07, 6.45) is 1.47. The van der Waals surface area contributed by atoms with Crippen LogP contribution in [0.1, 0.15) is 41.6 Å². The van der Waals surface area contributed by atoms with Crippen LogP contribution in [0.2, 0.25) is 0 Å². The number of nitrogens with one attached hydrogen (secondary N) is 1. The first-order chi connectivity index (χ1) is 11.9. The number of aryl methyl sites for hydroxylation is 1. The fraction of sp³-hybridized carbons (Fsp3) is 0.471. The molecule has 2 aromatic heterocycles. The van der Waals surface area contributed by atoms with Gasteiger partial charge in [0.1, 0.15) is 17.3 Å². The second-order valence-corrected chi connectivity index (χ2v) is 6.54. The summed E-state index contributed by atoms with van der Waals surface area (Å²) in [7, 11) is 0. The first kappa shape index (κ1) is 17.1. The van der Waals surface area contributed by atoms with Gasteiger partial charge in [-0.3, -0.25) is 9.78 Å². The monoisotopic (exact) mass is 345 g/mol. The van der Waals surface area contributed by atoms with E-state index in [1.807, 2.05) is 36.6 Å². The van der Waals surface area contributed by atoms with Gasteiger partial charge in [-0.1, -0.05) is 13.8 Å². The molecular weight excluding hydrogens is 322 g/mol. The van der Waals surface area contributed by atoms with Crippen LogP contribution >= 0.6 is 0 Å². The molecule has 3 heterocycles. The number of hydrogen-bond acceptors (Lipinski definition) is 6. The Bertz CT molecular complexity index is 831. The minimum Gasteiger partial charge on any atom is -0.465 e. The number of rotatable bonds is 3. The molecule has 1 aliphatic heterocycles. The molecule has 0 unspecified atom stereocenters. The van der Waals surface area contributed by atoms with Gasteiger partial charge >= 0.3 is 5.69 Å². The summed E-state index contributed by atoms with van der Waals surface area (Å²) in [6, 6.07) is 1.85. The van der Waals surface area contributed by atoms with E-state index < -0.39 is 5.69 Å². The summed E-state index contributed by atoms with van der Waals surface area (Å²) >= 11 is 0. The summed E-state index contributed by atoms with van der Waals surface area (Å²) in [5.41, 5.74) is 6.71. The number of nitrogen functional groups attached to an aromatic ring is 1. The molecule has 2 aromatic rings. The zero-order chi connectivity index (χ0) is 18.1. The lowest BCUT2D eigenvalue weighted by Gasteiger charge is -2.36. The normalized spacial score (nSPS) is 15.0. The summed E-state index contributed by atoms with van der Waals surface area (Å²) in [6.45, 7) is 8.27. The third-order valence-corrected chi connectivity index (χ3v) is 4.47. The van der Waals surface area contributed by atoms with Crippen LogP contribution in [0.3, 0.4) is 0 Å². The Balaban J connectivity index is 1.69. The van der Waals surface area contributed by atoms with E-state index in [9.17, 15) is 9.59 Å². The van der Waals surface area contributed by atoms with E-state index in [0.717, 1.165) is 5.76 Å². The van der Waals surface area contributed by atoms with Crippen molar-refractivity contribution in [2.75, 3.05) is 36.8 Å². The van der Waals surface area contributed by atoms with Gasteiger partial charge in [0.25, 0.3) is 5.91 Å². The minimum atomic E-state index is -0.466. The average molecular weight is 345 g/mol. The number of aromatic nitrogens is 2. The molecule has 1 amide bonds. The fourth-order valence-electron chi connectivity index (χ4n) is 2.98. The molecule has 0 bridgehead atoms. The summed E-state index contributed by atoms with van der Waals surface area (Å²) < 4.78 is 5.69. The topological polar surface area (TPSA) is 108 Å². The maximum Gasteiger partial charge on any atom is 0.346 e. The SMILES string of the molecule is Cc1oc(C(C)C)cc1C(=O)N1CCN(c2cnc(=O)[nH]c2N)CC1. The molecule has 3 rings (SSSR count). The van der Waals surface area contributed by atoms with Crippen molar-refractivity contribution >= 4 is 17.4 Å². The Morgan fingerprint density at radius 2 is 2.00 bits per heavy atom. The van der Waals surface area contributed by atoms with Gasteiger partial charge in [-0.25, -0.2) is 4.79 Å². The van der Waals surface area contributed by atoms with Crippen LogP contribution < -0.4 is 16.3 Å². The van der Waals surface area contributed by atoms with E-state index in [-0.39, 0.29) is 11.8 Å². The maximum atomic E-state index is 12.8. The third kappa shape index (κ3) is 3.38. The molecule has 0 aliphatic carbocycles. The van der Waals surface area contributed by atoms with Crippen molar-refractivity contribution < 1.29 is 9.21 Å². The first-order valence-electron chi connectivity index (χ1n) is 8.36. The molecule has 0 saturated carbocycles. The van der Waals surface area contributed by atoms with Gasteiger partial charge in [0, 0.05) is 32.1 Å². The van der Waals surface area contributed by atoms with Crippen molar-refractivity contribution in [3.63, 3.8) is 0 Å². The molecule has 8 nitrogen and oxygen atoms in total. The minimum absolute atomic E-state index is 0.0136. The van der Waals surface area contributed by atoms with Crippen molar-refractivity contribution in [1.29, 1.82) is 0 Å². The van der Waals surface area contributed by atoms with Gasteiger partial charge in [-0.2, -0.15) is 4.98 Å². The molecule has 1 aliphatic rings. The van der Waals surface area contributed by atoms with Crippen molar-refractivity contribution in [2.24, 2.45) is 0 Å². The van der Waals surface area contributed by atoms with Crippen LogP contribution in [0.25, 0.3) is 0 Å². The Hall–Kier alpha value is -2.77. The van der Waals surface area contributed by atoms with Crippen molar-refractivity contribution in [1.82, 2.24) is 14.9 Å². The average Bonchev–Trinajstić information content (AvgIpc) is 2.97. The van der Waals surface area contributed by atoms with Crippen LogP contribution in [-0.4, -0.2) is 47.0 Å². The predicted molar refractivity (Wildman–Crippen MR) is 94.9 cm³/mol. The lowest BCUT2D eigenvalue weighted by atomic mass is 10.1. The number of aromatic amines is 1. The highest BCUT2D eigenvalue weighted by atomic mass is 16.3. The predicted octanol–water partition coefficient (Wildman–Crippen LogP) is 1.34. The smallest absolute Gasteiger partial charge is 0.346 e. The fourth-order valence-corrected chi connectivity index (χ4v) is 2.98. The zero-order valence-electron chi connectivity index (χ0n) is 14.7. The standard InChI is InChI=1S/C17H23N5O3/c1-10(2)14-8-12(11(3)25-14)16(23)22-6-4-21(5-7-22)13-9-19-17(24)20-15(13)18/h8-10H,4-7H2,1-3H3,(H3,18,19,20,24). The number of nitrogens with two attached hydrogens (primary N) is 1. The second kappa shape index (κ2) is 6.62. The van der Waals surface area contributed by atoms with Crippen LogP contribution in [0.5, 0.6) is 0 Å².